The number of benzene rings is 2. The number of carbonyl (C=O) groups excluding carboxylic acids is 1. The quantitative estimate of drug-likeness (QED) is 0.678. The first-order valence-corrected chi connectivity index (χ1v) is 9.86. The van der Waals surface area contributed by atoms with Gasteiger partial charge in [0.05, 0.1) is 11.3 Å². The molecule has 6 heteroatoms. The molecule has 2 heterocycles. The third-order valence-corrected chi connectivity index (χ3v) is 5.96. The highest BCUT2D eigenvalue weighted by molar-refractivity contribution is 7.13. The van der Waals surface area contributed by atoms with Crippen molar-refractivity contribution in [3.63, 3.8) is 0 Å². The molecule has 1 saturated carbocycles. The maximum Gasteiger partial charge on any atom is 0.258 e. The molecule has 0 saturated heterocycles. The van der Waals surface area contributed by atoms with E-state index in [0.29, 0.717) is 11.1 Å². The first-order valence-electron chi connectivity index (χ1n) is 8.60. The average molecular weight is 382 g/mol. The fourth-order valence-corrected chi connectivity index (χ4v) is 4.32. The lowest BCUT2D eigenvalue weighted by atomic mass is 10.1. The van der Waals surface area contributed by atoms with Crippen molar-refractivity contribution in [3.05, 3.63) is 70.2 Å². The van der Waals surface area contributed by atoms with Gasteiger partial charge in [0.15, 0.2) is 0 Å². The van der Waals surface area contributed by atoms with Crippen molar-refractivity contribution in [1.82, 2.24) is 9.88 Å². The lowest BCUT2D eigenvalue weighted by Crippen LogP contribution is -2.44. The molecule has 4 nitrogen and oxygen atoms in total. The van der Waals surface area contributed by atoms with Gasteiger partial charge in [0, 0.05) is 27.7 Å². The third kappa shape index (κ3) is 2.68. The van der Waals surface area contributed by atoms with Gasteiger partial charge in [-0.2, -0.15) is 0 Å². The normalized spacial score (nSPS) is 19.2. The minimum absolute atomic E-state index is 0.0906. The number of para-hydroxylation sites is 1. The number of nitrogens with zero attached hydrogens (tertiary/aromatic N) is 2. The van der Waals surface area contributed by atoms with Crippen LogP contribution in [0, 0.1) is 0 Å². The van der Waals surface area contributed by atoms with Crippen molar-refractivity contribution in [3.8, 4) is 10.6 Å². The number of hydrogen-bond acceptors (Lipinski definition) is 4. The molecule has 0 bridgehead atoms. The molecular weight excluding hydrogens is 366 g/mol. The van der Waals surface area contributed by atoms with Gasteiger partial charge < -0.3 is 10.2 Å². The molecule has 1 fully saturated rings. The number of hydrogen-bond donors (Lipinski definition) is 1. The molecule has 1 atom stereocenters. The molecule has 2 aliphatic rings. The summed E-state index contributed by atoms with van der Waals surface area (Å²) in [5.41, 5.74) is 3.53. The Balaban J connectivity index is 1.52. The Hall–Kier alpha value is -2.37. The Morgan fingerprint density at radius 2 is 1.88 bits per heavy atom. The zero-order chi connectivity index (χ0) is 17.7. The van der Waals surface area contributed by atoms with Gasteiger partial charge in [-0.05, 0) is 37.1 Å². The zero-order valence-corrected chi connectivity index (χ0v) is 15.4. The van der Waals surface area contributed by atoms with E-state index in [0.717, 1.165) is 40.4 Å². The van der Waals surface area contributed by atoms with Crippen LogP contribution < -0.4 is 5.32 Å². The summed E-state index contributed by atoms with van der Waals surface area (Å²) in [7, 11) is 0. The van der Waals surface area contributed by atoms with Gasteiger partial charge >= 0.3 is 0 Å². The molecule has 130 valence electrons. The number of nitrogens with one attached hydrogen (secondary N) is 1. The second-order valence-electron chi connectivity index (χ2n) is 6.62. The maximum atomic E-state index is 13.0. The molecule has 1 aliphatic carbocycles. The fraction of sp³-hybridized carbons (Fsp3) is 0.200. The SMILES string of the molecule is O=C1c2ccccc2N[C@@H](c2csc(-c3ccc(Cl)cc3)n2)N1C1CC1. The van der Waals surface area contributed by atoms with E-state index in [9.17, 15) is 4.79 Å². The van der Waals surface area contributed by atoms with Crippen LogP contribution in [-0.4, -0.2) is 21.8 Å². The number of aromatic nitrogens is 1. The van der Waals surface area contributed by atoms with Crippen LogP contribution in [0.1, 0.15) is 35.1 Å². The van der Waals surface area contributed by atoms with E-state index < -0.39 is 0 Å². The van der Waals surface area contributed by atoms with Gasteiger partial charge in [-0.25, -0.2) is 4.98 Å². The summed E-state index contributed by atoms with van der Waals surface area (Å²) in [5.74, 6) is 0.0906. The van der Waals surface area contributed by atoms with Crippen LogP contribution in [0.5, 0.6) is 0 Å². The Morgan fingerprint density at radius 3 is 2.65 bits per heavy atom. The maximum absolute atomic E-state index is 13.0. The van der Waals surface area contributed by atoms with E-state index in [1.807, 2.05) is 58.8 Å². The lowest BCUT2D eigenvalue weighted by Gasteiger charge is -2.37. The predicted molar refractivity (Wildman–Crippen MR) is 105 cm³/mol. The van der Waals surface area contributed by atoms with Crippen LogP contribution in [0.2, 0.25) is 5.02 Å². The van der Waals surface area contributed by atoms with Gasteiger partial charge in [-0.15, -0.1) is 11.3 Å². The van der Waals surface area contributed by atoms with Crippen LogP contribution in [0.15, 0.2) is 53.9 Å². The highest BCUT2D eigenvalue weighted by Gasteiger charge is 2.42. The second kappa shape index (κ2) is 6.11. The summed E-state index contributed by atoms with van der Waals surface area (Å²) >= 11 is 7.57. The van der Waals surface area contributed by atoms with Crippen molar-refractivity contribution in [2.45, 2.75) is 25.0 Å². The van der Waals surface area contributed by atoms with Crippen molar-refractivity contribution in [2.24, 2.45) is 0 Å². The standard InChI is InChI=1S/C20H16ClN3OS/c21-13-7-5-12(6-8-13)19-23-17(11-26-19)18-22-16-4-2-1-3-15(16)20(25)24(18)14-9-10-14/h1-8,11,14,18,22H,9-10H2/t18-/m1/s1. The highest BCUT2D eigenvalue weighted by atomic mass is 35.5. The molecule has 0 radical (unpaired) electrons. The molecule has 1 amide bonds. The molecule has 3 aromatic rings. The number of amides is 1. The van der Waals surface area contributed by atoms with Crippen LogP contribution in [0.4, 0.5) is 5.69 Å². The lowest BCUT2D eigenvalue weighted by molar-refractivity contribution is 0.0663. The number of fused-ring (bicyclic) bond motifs is 1. The van der Waals surface area contributed by atoms with Gasteiger partial charge in [-0.1, -0.05) is 35.9 Å². The molecule has 1 aromatic heterocycles. The van der Waals surface area contributed by atoms with E-state index >= 15 is 0 Å². The topological polar surface area (TPSA) is 45.2 Å². The predicted octanol–water partition coefficient (Wildman–Crippen LogP) is 5.19. The molecule has 0 unspecified atom stereocenters. The number of anilines is 1. The Kier molecular flexibility index (Phi) is 3.72. The average Bonchev–Trinajstić information content (AvgIpc) is 3.38. The summed E-state index contributed by atoms with van der Waals surface area (Å²) in [6, 6.07) is 15.7. The van der Waals surface area contributed by atoms with Crippen LogP contribution in [-0.2, 0) is 0 Å². The third-order valence-electron chi connectivity index (χ3n) is 4.80. The molecule has 1 aliphatic heterocycles. The van der Waals surface area contributed by atoms with E-state index in [2.05, 4.69) is 5.32 Å². The van der Waals surface area contributed by atoms with E-state index in [-0.39, 0.29) is 12.1 Å². The summed E-state index contributed by atoms with van der Waals surface area (Å²) in [6.45, 7) is 0. The number of carbonyl (C=O) groups is 1. The largest absolute Gasteiger partial charge is 0.359 e. The van der Waals surface area contributed by atoms with Crippen molar-refractivity contribution in [1.29, 1.82) is 0 Å². The van der Waals surface area contributed by atoms with Crippen LogP contribution in [0.25, 0.3) is 10.6 Å². The monoisotopic (exact) mass is 381 g/mol. The minimum atomic E-state index is -0.220. The molecule has 5 rings (SSSR count). The van der Waals surface area contributed by atoms with E-state index in [1.54, 1.807) is 11.3 Å². The first-order chi connectivity index (χ1) is 12.7. The van der Waals surface area contributed by atoms with Crippen molar-refractivity contribution >= 4 is 34.5 Å². The zero-order valence-electron chi connectivity index (χ0n) is 13.9. The highest BCUT2D eigenvalue weighted by Crippen LogP contribution is 2.41. The summed E-state index contributed by atoms with van der Waals surface area (Å²) < 4.78 is 0. The Morgan fingerprint density at radius 1 is 1.12 bits per heavy atom. The number of halogens is 1. The Labute approximate surface area is 160 Å². The first kappa shape index (κ1) is 15.9. The smallest absolute Gasteiger partial charge is 0.258 e. The van der Waals surface area contributed by atoms with Gasteiger partial charge in [0.1, 0.15) is 11.2 Å². The fourth-order valence-electron chi connectivity index (χ4n) is 3.35. The summed E-state index contributed by atoms with van der Waals surface area (Å²) in [4.78, 5) is 19.8. The minimum Gasteiger partial charge on any atom is -0.359 e. The molecule has 0 spiro atoms. The summed E-state index contributed by atoms with van der Waals surface area (Å²) in [6.07, 6.45) is 1.89. The number of thiazole rings is 1. The van der Waals surface area contributed by atoms with Crippen molar-refractivity contribution < 1.29 is 4.79 Å². The Bertz CT molecular complexity index is 981. The van der Waals surface area contributed by atoms with Crippen molar-refractivity contribution in [2.75, 3.05) is 5.32 Å². The molecule has 2 aromatic carbocycles. The van der Waals surface area contributed by atoms with Gasteiger partial charge in [0.25, 0.3) is 5.91 Å². The van der Waals surface area contributed by atoms with E-state index in [1.165, 1.54) is 0 Å². The summed E-state index contributed by atoms with van der Waals surface area (Å²) in [5, 5.41) is 7.20. The second-order valence-corrected chi connectivity index (χ2v) is 7.92. The molecular formula is C20H16ClN3OS. The van der Waals surface area contributed by atoms with Crippen LogP contribution >= 0.6 is 22.9 Å². The van der Waals surface area contributed by atoms with Gasteiger partial charge in [0.2, 0.25) is 0 Å². The number of rotatable bonds is 3. The molecule has 1 N–H and O–H groups in total. The molecule has 26 heavy (non-hydrogen) atoms. The van der Waals surface area contributed by atoms with Crippen LogP contribution in [0.3, 0.4) is 0 Å². The van der Waals surface area contributed by atoms with Gasteiger partial charge in [-0.3, -0.25) is 4.79 Å². The van der Waals surface area contributed by atoms with E-state index in [4.69, 9.17) is 16.6 Å².